The number of tetrazole rings is 1. The third-order valence-electron chi connectivity index (χ3n) is 2.06. The Morgan fingerprint density at radius 3 is 2.81 bits per heavy atom. The summed E-state index contributed by atoms with van der Waals surface area (Å²) < 4.78 is 1.13. The van der Waals surface area contributed by atoms with Crippen molar-refractivity contribution in [2.75, 3.05) is 5.32 Å². The average Bonchev–Trinajstić information content (AvgIpc) is 2.76. The Hall–Kier alpha value is -2.24. The summed E-state index contributed by atoms with van der Waals surface area (Å²) in [7, 11) is 0. The number of aromatic nitrogens is 4. The Bertz CT molecular complexity index is 479. The molecule has 6 nitrogen and oxygen atoms in total. The molecule has 1 aromatic carbocycles. The number of benzene rings is 1. The molecule has 6 heteroatoms. The first-order valence-corrected chi connectivity index (χ1v) is 4.84. The van der Waals surface area contributed by atoms with Gasteiger partial charge in [-0.2, -0.15) is 0 Å². The van der Waals surface area contributed by atoms with Crippen LogP contribution in [0.25, 0.3) is 0 Å². The zero-order valence-electron chi connectivity index (χ0n) is 8.79. The zero-order chi connectivity index (χ0) is 11.4. The van der Waals surface area contributed by atoms with Crippen LogP contribution in [-0.2, 0) is 6.54 Å². The Morgan fingerprint density at radius 2 is 2.12 bits per heavy atom. The summed E-state index contributed by atoms with van der Waals surface area (Å²) in [6, 6.07) is 9.81. The number of rotatable bonds is 3. The van der Waals surface area contributed by atoms with E-state index in [4.69, 9.17) is 0 Å². The third-order valence-corrected chi connectivity index (χ3v) is 2.06. The highest BCUT2D eigenvalue weighted by Crippen LogP contribution is 2.04. The van der Waals surface area contributed by atoms with Crippen LogP contribution in [0, 0.1) is 0 Å². The first kappa shape index (κ1) is 10.3. The van der Waals surface area contributed by atoms with Crippen molar-refractivity contribution < 1.29 is 4.79 Å². The second-order valence-electron chi connectivity index (χ2n) is 3.27. The van der Waals surface area contributed by atoms with Crippen LogP contribution in [0.2, 0.25) is 0 Å². The summed E-state index contributed by atoms with van der Waals surface area (Å²) >= 11 is 0. The molecular weight excluding hydrogens is 206 g/mol. The molecule has 0 saturated carbocycles. The third kappa shape index (κ3) is 2.22. The van der Waals surface area contributed by atoms with E-state index < -0.39 is 0 Å². The molecule has 0 fully saturated rings. The molecule has 0 amide bonds. The number of hydrogen-bond donors (Lipinski definition) is 1. The summed E-state index contributed by atoms with van der Waals surface area (Å²) in [5, 5.41) is 13.7. The van der Waals surface area contributed by atoms with Gasteiger partial charge in [-0.1, -0.05) is 35.4 Å². The molecule has 0 bridgehead atoms. The standard InChI is InChI=1S/C10H11N5O/c1-8(16)15-10(12-13-14-15)11-7-9-5-3-2-4-6-9/h2-6H,7H2,1H3,(H,11,12,14). The molecule has 0 spiro atoms. The summed E-state index contributed by atoms with van der Waals surface area (Å²) in [6.45, 7) is 1.98. The molecular formula is C10H11N5O. The van der Waals surface area contributed by atoms with Gasteiger partial charge in [0.05, 0.1) is 0 Å². The van der Waals surface area contributed by atoms with E-state index in [0.29, 0.717) is 12.5 Å². The van der Waals surface area contributed by atoms with Gasteiger partial charge in [0.2, 0.25) is 5.91 Å². The molecule has 82 valence electrons. The lowest BCUT2D eigenvalue weighted by atomic mass is 10.2. The smallest absolute Gasteiger partial charge is 0.250 e. The van der Waals surface area contributed by atoms with Crippen LogP contribution in [0.5, 0.6) is 0 Å². The van der Waals surface area contributed by atoms with Gasteiger partial charge < -0.3 is 5.32 Å². The maximum Gasteiger partial charge on any atom is 0.250 e. The van der Waals surface area contributed by atoms with Gasteiger partial charge in [-0.15, -0.1) is 4.68 Å². The average molecular weight is 217 g/mol. The van der Waals surface area contributed by atoms with E-state index in [-0.39, 0.29) is 5.91 Å². The molecule has 2 aromatic rings. The summed E-state index contributed by atoms with van der Waals surface area (Å²) in [5.41, 5.74) is 1.10. The molecule has 1 aromatic heterocycles. The maximum atomic E-state index is 11.1. The molecule has 16 heavy (non-hydrogen) atoms. The summed E-state index contributed by atoms with van der Waals surface area (Å²) in [5.74, 6) is 0.136. The summed E-state index contributed by atoms with van der Waals surface area (Å²) in [4.78, 5) is 11.1. The van der Waals surface area contributed by atoms with Crippen molar-refractivity contribution in [2.24, 2.45) is 0 Å². The van der Waals surface area contributed by atoms with Gasteiger partial charge in [-0.05, 0) is 16.0 Å². The lowest BCUT2D eigenvalue weighted by Crippen LogP contribution is -2.13. The number of nitrogens with zero attached hydrogens (tertiary/aromatic N) is 4. The predicted molar refractivity (Wildman–Crippen MR) is 57.9 cm³/mol. The number of hydrogen-bond acceptors (Lipinski definition) is 5. The number of nitrogens with one attached hydrogen (secondary N) is 1. The van der Waals surface area contributed by atoms with E-state index >= 15 is 0 Å². The molecule has 0 radical (unpaired) electrons. The summed E-state index contributed by atoms with van der Waals surface area (Å²) in [6.07, 6.45) is 0. The topological polar surface area (TPSA) is 72.7 Å². The molecule has 2 rings (SSSR count). The van der Waals surface area contributed by atoms with Crippen LogP contribution >= 0.6 is 0 Å². The molecule has 1 N–H and O–H groups in total. The Morgan fingerprint density at radius 1 is 1.38 bits per heavy atom. The second kappa shape index (κ2) is 4.52. The van der Waals surface area contributed by atoms with Crippen LogP contribution in [-0.4, -0.2) is 26.1 Å². The van der Waals surface area contributed by atoms with Gasteiger partial charge in [0.25, 0.3) is 5.95 Å². The number of carbonyl (C=O) groups is 1. The van der Waals surface area contributed by atoms with Gasteiger partial charge in [0, 0.05) is 13.5 Å². The van der Waals surface area contributed by atoms with Gasteiger partial charge in [0.15, 0.2) is 0 Å². The lowest BCUT2D eigenvalue weighted by Gasteiger charge is -2.04. The number of carbonyl (C=O) groups excluding carboxylic acids is 1. The van der Waals surface area contributed by atoms with Gasteiger partial charge in [-0.3, -0.25) is 4.79 Å². The minimum atomic E-state index is -0.222. The Balaban J connectivity index is 2.05. The van der Waals surface area contributed by atoms with E-state index in [1.165, 1.54) is 6.92 Å². The zero-order valence-corrected chi connectivity index (χ0v) is 8.79. The van der Waals surface area contributed by atoms with Crippen molar-refractivity contribution in [3.05, 3.63) is 35.9 Å². The predicted octanol–water partition coefficient (Wildman–Crippen LogP) is 0.945. The van der Waals surface area contributed by atoms with Gasteiger partial charge in [0.1, 0.15) is 0 Å². The normalized spacial score (nSPS) is 10.1. The maximum absolute atomic E-state index is 11.1. The molecule has 0 saturated heterocycles. The molecule has 0 unspecified atom stereocenters. The van der Waals surface area contributed by atoms with Gasteiger partial charge >= 0.3 is 0 Å². The van der Waals surface area contributed by atoms with Crippen molar-refractivity contribution in [1.29, 1.82) is 0 Å². The van der Waals surface area contributed by atoms with E-state index in [0.717, 1.165) is 10.2 Å². The van der Waals surface area contributed by atoms with Crippen molar-refractivity contribution >= 4 is 11.9 Å². The van der Waals surface area contributed by atoms with Crippen LogP contribution in [0.1, 0.15) is 17.3 Å². The fourth-order valence-corrected chi connectivity index (χ4v) is 1.29. The van der Waals surface area contributed by atoms with E-state index in [1.54, 1.807) is 0 Å². The van der Waals surface area contributed by atoms with Crippen molar-refractivity contribution in [2.45, 2.75) is 13.5 Å². The Kier molecular flexibility index (Phi) is 2.90. The largest absolute Gasteiger partial charge is 0.349 e. The molecule has 0 aliphatic rings. The van der Waals surface area contributed by atoms with Crippen LogP contribution < -0.4 is 5.32 Å². The molecule has 0 aliphatic heterocycles. The molecule has 1 heterocycles. The van der Waals surface area contributed by atoms with E-state index in [2.05, 4.69) is 20.8 Å². The first-order chi connectivity index (χ1) is 7.77. The number of anilines is 1. The first-order valence-electron chi connectivity index (χ1n) is 4.84. The fourth-order valence-electron chi connectivity index (χ4n) is 1.29. The van der Waals surface area contributed by atoms with Crippen molar-refractivity contribution in [3.63, 3.8) is 0 Å². The van der Waals surface area contributed by atoms with Crippen molar-refractivity contribution in [3.8, 4) is 0 Å². The fraction of sp³-hybridized carbons (Fsp3) is 0.200. The van der Waals surface area contributed by atoms with Crippen molar-refractivity contribution in [1.82, 2.24) is 20.2 Å². The lowest BCUT2D eigenvalue weighted by molar-refractivity contribution is 0.0921. The monoisotopic (exact) mass is 217 g/mol. The van der Waals surface area contributed by atoms with E-state index in [9.17, 15) is 4.79 Å². The van der Waals surface area contributed by atoms with E-state index in [1.807, 2.05) is 30.3 Å². The molecule has 0 aliphatic carbocycles. The minimum Gasteiger partial charge on any atom is -0.349 e. The highest BCUT2D eigenvalue weighted by molar-refractivity contribution is 5.77. The minimum absolute atomic E-state index is 0.222. The highest BCUT2D eigenvalue weighted by Gasteiger charge is 2.08. The SMILES string of the molecule is CC(=O)n1nnnc1NCc1ccccc1. The van der Waals surface area contributed by atoms with Crippen LogP contribution in [0.4, 0.5) is 5.95 Å². The highest BCUT2D eigenvalue weighted by atomic mass is 16.2. The van der Waals surface area contributed by atoms with Crippen LogP contribution in [0.15, 0.2) is 30.3 Å². The quantitative estimate of drug-likeness (QED) is 0.775. The molecule has 0 atom stereocenters. The second-order valence-corrected chi connectivity index (χ2v) is 3.27. The van der Waals surface area contributed by atoms with Gasteiger partial charge in [-0.25, -0.2) is 0 Å². The Labute approximate surface area is 92.3 Å². The van der Waals surface area contributed by atoms with Crippen LogP contribution in [0.3, 0.4) is 0 Å².